The molecule has 0 unspecified atom stereocenters. The van der Waals surface area contributed by atoms with Crippen LogP contribution in [0.2, 0.25) is 0 Å². The zero-order valence-corrected chi connectivity index (χ0v) is 19.0. The van der Waals surface area contributed by atoms with Gasteiger partial charge >= 0.3 is 0 Å². The minimum absolute atomic E-state index is 0.0589. The Morgan fingerprint density at radius 2 is 2.09 bits per heavy atom. The van der Waals surface area contributed by atoms with Gasteiger partial charge in [-0.1, -0.05) is 12.1 Å². The first-order chi connectivity index (χ1) is 16.5. The second-order valence-corrected chi connectivity index (χ2v) is 9.72. The summed E-state index contributed by atoms with van der Waals surface area (Å²) in [5, 5.41) is 19.8. The number of carbonyl (C=O) groups excluding carboxylic acids is 1. The zero-order valence-electron chi connectivity index (χ0n) is 19.0. The smallest absolute Gasteiger partial charge is 0.238 e. The molecule has 2 saturated heterocycles. The molecule has 2 aromatic rings. The number of hydrogen-bond donors (Lipinski definition) is 2. The number of nitrogens with zero attached hydrogens (tertiary/aromatic N) is 3. The van der Waals surface area contributed by atoms with E-state index in [1.165, 1.54) is 18.3 Å². The fourth-order valence-corrected chi connectivity index (χ4v) is 5.53. The number of amides is 1. The fourth-order valence-electron chi connectivity index (χ4n) is 5.53. The van der Waals surface area contributed by atoms with Crippen molar-refractivity contribution < 1.29 is 18.3 Å². The first-order valence-corrected chi connectivity index (χ1v) is 12.0. The Labute approximate surface area is 197 Å². The van der Waals surface area contributed by atoms with Gasteiger partial charge in [0.05, 0.1) is 18.3 Å². The van der Waals surface area contributed by atoms with Crippen molar-refractivity contribution >= 4 is 5.91 Å². The van der Waals surface area contributed by atoms with E-state index in [2.05, 4.69) is 15.7 Å². The van der Waals surface area contributed by atoms with Crippen molar-refractivity contribution in [1.29, 1.82) is 5.26 Å². The molecule has 1 amide bonds. The van der Waals surface area contributed by atoms with Crippen LogP contribution in [0.15, 0.2) is 24.5 Å². The van der Waals surface area contributed by atoms with Crippen LogP contribution in [0.1, 0.15) is 37.7 Å². The van der Waals surface area contributed by atoms with E-state index in [0.717, 1.165) is 45.3 Å². The summed E-state index contributed by atoms with van der Waals surface area (Å²) in [7, 11) is 0. The summed E-state index contributed by atoms with van der Waals surface area (Å²) in [6.45, 7) is 2.19. The highest BCUT2D eigenvalue weighted by atomic mass is 19.2. The molecule has 3 aliphatic rings. The quantitative estimate of drug-likeness (QED) is 0.651. The van der Waals surface area contributed by atoms with E-state index in [1.54, 1.807) is 10.9 Å². The number of carbonyl (C=O) groups is 1. The van der Waals surface area contributed by atoms with Gasteiger partial charge in [-0.05, 0) is 49.5 Å². The molecule has 3 heterocycles. The molecule has 34 heavy (non-hydrogen) atoms. The molecule has 9 heteroatoms. The van der Waals surface area contributed by atoms with Gasteiger partial charge in [-0.3, -0.25) is 9.48 Å². The van der Waals surface area contributed by atoms with E-state index >= 15 is 0 Å². The van der Waals surface area contributed by atoms with Crippen molar-refractivity contribution in [2.24, 2.45) is 11.8 Å². The zero-order chi connectivity index (χ0) is 23.7. The number of nitrogens with one attached hydrogen (secondary N) is 2. The lowest BCUT2D eigenvalue weighted by molar-refractivity contribution is -0.124. The number of nitriles is 1. The van der Waals surface area contributed by atoms with Gasteiger partial charge < -0.3 is 15.4 Å². The van der Waals surface area contributed by atoms with Crippen molar-refractivity contribution in [1.82, 2.24) is 20.4 Å². The van der Waals surface area contributed by atoms with Crippen LogP contribution < -0.4 is 10.6 Å². The number of halogens is 2. The molecule has 1 saturated carbocycles. The van der Waals surface area contributed by atoms with Gasteiger partial charge in [-0.2, -0.15) is 10.4 Å². The van der Waals surface area contributed by atoms with Crippen molar-refractivity contribution in [3.63, 3.8) is 0 Å². The Bertz CT molecular complexity index is 1090. The van der Waals surface area contributed by atoms with Crippen LogP contribution in [0.4, 0.5) is 8.78 Å². The maximum absolute atomic E-state index is 15.0. The maximum atomic E-state index is 15.0. The molecule has 2 aliphatic heterocycles. The van der Waals surface area contributed by atoms with E-state index in [-0.39, 0.29) is 35.4 Å². The van der Waals surface area contributed by atoms with Gasteiger partial charge in [0.1, 0.15) is 6.04 Å². The number of hydrogen-bond acceptors (Lipinski definition) is 5. The molecule has 1 aromatic heterocycles. The van der Waals surface area contributed by atoms with Crippen LogP contribution in [0, 0.1) is 34.8 Å². The van der Waals surface area contributed by atoms with Gasteiger partial charge in [0.2, 0.25) is 5.91 Å². The van der Waals surface area contributed by atoms with E-state index in [1.807, 2.05) is 6.07 Å². The molecule has 4 atom stereocenters. The predicted octanol–water partition coefficient (Wildman–Crippen LogP) is 2.95. The Kier molecular flexibility index (Phi) is 6.61. The van der Waals surface area contributed by atoms with Crippen LogP contribution in [0.5, 0.6) is 0 Å². The normalized spacial score (nSPS) is 25.3. The number of benzene rings is 1. The summed E-state index contributed by atoms with van der Waals surface area (Å²) in [5.74, 6) is -1.47. The maximum Gasteiger partial charge on any atom is 0.238 e. The Morgan fingerprint density at radius 1 is 1.26 bits per heavy atom. The van der Waals surface area contributed by atoms with Gasteiger partial charge in [0.15, 0.2) is 11.6 Å². The molecule has 3 fully saturated rings. The van der Waals surface area contributed by atoms with E-state index in [4.69, 9.17) is 4.74 Å². The molecule has 1 aromatic carbocycles. The van der Waals surface area contributed by atoms with Gasteiger partial charge in [0.25, 0.3) is 0 Å². The van der Waals surface area contributed by atoms with Crippen LogP contribution >= 0.6 is 0 Å². The first-order valence-electron chi connectivity index (χ1n) is 12.0. The number of rotatable bonds is 7. The molecule has 180 valence electrons. The van der Waals surface area contributed by atoms with Crippen molar-refractivity contribution in [2.45, 2.75) is 63.2 Å². The fraction of sp³-hybridized carbons (Fsp3) is 0.560. The Balaban J connectivity index is 1.24. The lowest BCUT2D eigenvalue weighted by Gasteiger charge is -2.23. The average Bonchev–Trinajstić information content (AvgIpc) is 3.60. The molecule has 0 spiro atoms. The van der Waals surface area contributed by atoms with Gasteiger partial charge in [-0.15, -0.1) is 0 Å². The summed E-state index contributed by atoms with van der Waals surface area (Å²) in [4.78, 5) is 12.6. The second kappa shape index (κ2) is 9.80. The largest absolute Gasteiger partial charge is 0.381 e. The summed E-state index contributed by atoms with van der Waals surface area (Å²) in [5.41, 5.74) is 0.689. The second-order valence-electron chi connectivity index (χ2n) is 9.72. The summed E-state index contributed by atoms with van der Waals surface area (Å²) < 4.78 is 37.0. The van der Waals surface area contributed by atoms with Gasteiger partial charge in [0, 0.05) is 49.5 Å². The number of aromatic nitrogens is 2. The lowest BCUT2D eigenvalue weighted by Crippen LogP contribution is -2.50. The Hall–Kier alpha value is -2.83. The number of piperidine rings is 1. The van der Waals surface area contributed by atoms with Crippen molar-refractivity contribution in [3.8, 4) is 17.2 Å². The molecule has 5 rings (SSSR count). The molecular formula is C25H29F2N5O2. The minimum Gasteiger partial charge on any atom is -0.381 e. The van der Waals surface area contributed by atoms with E-state index < -0.39 is 17.7 Å². The third-order valence-corrected chi connectivity index (χ3v) is 7.43. The standard InChI is InChI=1S/C25H29F2N5O2/c26-22-16(9-20(11-28)31-25(33)24-17-1-3-19(10-17)30-24)2-4-21(23(22)27)18-12-29-32(14-18)13-15-5-7-34-8-6-15/h2,4,12,14-15,17,19-20,24,30H,1,3,5-10,13H2,(H,31,33)/t17-,19+,20-,24-/m0/s1. The molecular weight excluding hydrogens is 440 g/mol. The summed E-state index contributed by atoms with van der Waals surface area (Å²) in [6, 6.07) is 4.12. The van der Waals surface area contributed by atoms with E-state index in [0.29, 0.717) is 24.1 Å². The topological polar surface area (TPSA) is 92.0 Å². The highest BCUT2D eigenvalue weighted by Gasteiger charge is 2.43. The molecule has 2 bridgehead atoms. The highest BCUT2D eigenvalue weighted by Crippen LogP contribution is 2.35. The average molecular weight is 470 g/mol. The predicted molar refractivity (Wildman–Crippen MR) is 120 cm³/mol. The first kappa shape index (κ1) is 22.9. The van der Waals surface area contributed by atoms with Gasteiger partial charge in [-0.25, -0.2) is 8.78 Å². The highest BCUT2D eigenvalue weighted by molar-refractivity contribution is 5.83. The molecule has 0 radical (unpaired) electrons. The monoisotopic (exact) mass is 469 g/mol. The number of fused-ring (bicyclic) bond motifs is 2. The molecule has 2 N–H and O–H groups in total. The van der Waals surface area contributed by atoms with Crippen molar-refractivity contribution in [3.05, 3.63) is 41.7 Å². The van der Waals surface area contributed by atoms with Crippen LogP contribution in [0.3, 0.4) is 0 Å². The molecule has 1 aliphatic carbocycles. The third kappa shape index (κ3) is 4.70. The van der Waals surface area contributed by atoms with E-state index in [9.17, 15) is 18.8 Å². The SMILES string of the molecule is N#C[C@H](Cc1ccc(-c2cnn(CC3CCOCC3)c2)c(F)c1F)NC(=O)[C@H]1N[C@@H]2CC[C@H]1C2. The summed E-state index contributed by atoms with van der Waals surface area (Å²) in [6.07, 6.45) is 8.13. The minimum atomic E-state index is -0.998. The lowest BCUT2D eigenvalue weighted by atomic mass is 9.98. The third-order valence-electron chi connectivity index (χ3n) is 7.43. The van der Waals surface area contributed by atoms with Crippen molar-refractivity contribution in [2.75, 3.05) is 13.2 Å². The number of ether oxygens (including phenoxy) is 1. The summed E-state index contributed by atoms with van der Waals surface area (Å²) >= 11 is 0. The van der Waals surface area contributed by atoms with Crippen LogP contribution in [-0.4, -0.2) is 47.0 Å². The molecule has 7 nitrogen and oxygen atoms in total. The van der Waals surface area contributed by atoms with Crippen LogP contribution in [-0.2, 0) is 22.5 Å². The Morgan fingerprint density at radius 3 is 2.79 bits per heavy atom. The van der Waals surface area contributed by atoms with Crippen LogP contribution in [0.25, 0.3) is 11.1 Å².